The van der Waals surface area contributed by atoms with Crippen LogP contribution in [0.2, 0.25) is 0 Å². The molecule has 0 aliphatic carbocycles. The van der Waals surface area contributed by atoms with E-state index in [0.717, 1.165) is 11.3 Å². The summed E-state index contributed by atoms with van der Waals surface area (Å²) in [7, 11) is 0. The number of hydrogen-bond acceptors (Lipinski definition) is 3. The smallest absolute Gasteiger partial charge is 0.0942 e. The Morgan fingerprint density at radius 2 is 1.70 bits per heavy atom. The van der Waals surface area contributed by atoms with Gasteiger partial charge in [0.1, 0.15) is 0 Å². The van der Waals surface area contributed by atoms with Gasteiger partial charge in [0.15, 0.2) is 0 Å². The molecule has 0 heterocycles. The fourth-order valence-electron chi connectivity index (χ4n) is 2.25. The normalized spacial score (nSPS) is 12.2. The highest BCUT2D eigenvalue weighted by atomic mass is 16.3. The first-order valence-electron chi connectivity index (χ1n) is 6.80. The third-order valence-corrected chi connectivity index (χ3v) is 3.17. The van der Waals surface area contributed by atoms with E-state index in [2.05, 4.69) is 49.5 Å². The SMILES string of the molecule is Cc1cc(C)cc(-c2cccc(NCC(O)CO)c2)c1. The van der Waals surface area contributed by atoms with Crippen molar-refractivity contribution in [3.63, 3.8) is 0 Å². The molecule has 2 rings (SSSR count). The Morgan fingerprint density at radius 1 is 1.00 bits per heavy atom. The molecule has 0 bridgehead atoms. The molecule has 0 aromatic heterocycles. The molecule has 3 N–H and O–H groups in total. The molecule has 0 saturated heterocycles. The van der Waals surface area contributed by atoms with Gasteiger partial charge in [0.2, 0.25) is 0 Å². The fraction of sp³-hybridized carbons (Fsp3) is 0.294. The van der Waals surface area contributed by atoms with Crippen molar-refractivity contribution in [1.29, 1.82) is 0 Å². The molecule has 3 heteroatoms. The Hall–Kier alpha value is -1.84. The molecule has 106 valence electrons. The van der Waals surface area contributed by atoms with Crippen LogP contribution < -0.4 is 5.32 Å². The van der Waals surface area contributed by atoms with Crippen molar-refractivity contribution in [3.8, 4) is 11.1 Å². The molecule has 0 aliphatic heterocycles. The Balaban J connectivity index is 2.20. The maximum Gasteiger partial charge on any atom is 0.0942 e. The zero-order valence-corrected chi connectivity index (χ0v) is 11.9. The molecule has 1 atom stereocenters. The van der Waals surface area contributed by atoms with Crippen LogP contribution in [-0.4, -0.2) is 29.5 Å². The van der Waals surface area contributed by atoms with Gasteiger partial charge in [-0.3, -0.25) is 0 Å². The van der Waals surface area contributed by atoms with E-state index in [4.69, 9.17) is 5.11 Å². The van der Waals surface area contributed by atoms with Crippen molar-refractivity contribution in [2.45, 2.75) is 20.0 Å². The minimum atomic E-state index is -0.736. The number of nitrogens with one attached hydrogen (secondary N) is 1. The Kier molecular flexibility index (Phi) is 4.77. The second kappa shape index (κ2) is 6.55. The second-order valence-corrected chi connectivity index (χ2v) is 5.17. The zero-order valence-electron chi connectivity index (χ0n) is 11.9. The number of anilines is 1. The first kappa shape index (κ1) is 14.6. The maximum atomic E-state index is 9.37. The van der Waals surface area contributed by atoms with Crippen LogP contribution in [-0.2, 0) is 0 Å². The molecule has 0 spiro atoms. The summed E-state index contributed by atoms with van der Waals surface area (Å²) in [5.41, 5.74) is 5.76. The van der Waals surface area contributed by atoms with Crippen molar-refractivity contribution in [3.05, 3.63) is 53.6 Å². The third kappa shape index (κ3) is 3.83. The van der Waals surface area contributed by atoms with Gasteiger partial charge in [-0.2, -0.15) is 0 Å². The van der Waals surface area contributed by atoms with Gasteiger partial charge >= 0.3 is 0 Å². The minimum absolute atomic E-state index is 0.232. The predicted octanol–water partition coefficient (Wildman–Crippen LogP) is 2.74. The maximum absolute atomic E-state index is 9.37. The van der Waals surface area contributed by atoms with E-state index in [1.54, 1.807) is 0 Å². The summed E-state index contributed by atoms with van der Waals surface area (Å²) in [6.45, 7) is 4.29. The van der Waals surface area contributed by atoms with Crippen LogP contribution in [0.5, 0.6) is 0 Å². The number of rotatable bonds is 5. The van der Waals surface area contributed by atoms with Gasteiger partial charge in [0, 0.05) is 12.2 Å². The molecule has 2 aromatic carbocycles. The lowest BCUT2D eigenvalue weighted by molar-refractivity contribution is 0.105. The lowest BCUT2D eigenvalue weighted by atomic mass is 10.0. The van der Waals surface area contributed by atoms with Gasteiger partial charge in [-0.15, -0.1) is 0 Å². The van der Waals surface area contributed by atoms with E-state index >= 15 is 0 Å². The lowest BCUT2D eigenvalue weighted by Gasteiger charge is -2.12. The number of aryl methyl sites for hydroxylation is 2. The van der Waals surface area contributed by atoms with E-state index in [1.807, 2.05) is 12.1 Å². The van der Waals surface area contributed by atoms with Crippen molar-refractivity contribution < 1.29 is 10.2 Å². The van der Waals surface area contributed by atoms with E-state index < -0.39 is 6.10 Å². The van der Waals surface area contributed by atoms with Crippen molar-refractivity contribution >= 4 is 5.69 Å². The molecule has 0 amide bonds. The van der Waals surface area contributed by atoms with Crippen LogP contribution in [0.25, 0.3) is 11.1 Å². The van der Waals surface area contributed by atoms with Gasteiger partial charge < -0.3 is 15.5 Å². The quantitative estimate of drug-likeness (QED) is 0.783. The predicted molar refractivity (Wildman–Crippen MR) is 82.9 cm³/mol. The monoisotopic (exact) mass is 271 g/mol. The van der Waals surface area contributed by atoms with Crippen LogP contribution in [0.3, 0.4) is 0 Å². The highest BCUT2D eigenvalue weighted by Crippen LogP contribution is 2.24. The van der Waals surface area contributed by atoms with Crippen molar-refractivity contribution in [2.24, 2.45) is 0 Å². The molecule has 2 aromatic rings. The van der Waals surface area contributed by atoms with Gasteiger partial charge in [-0.05, 0) is 37.1 Å². The minimum Gasteiger partial charge on any atom is -0.394 e. The highest BCUT2D eigenvalue weighted by Gasteiger charge is 2.03. The standard InChI is InChI=1S/C17H21NO2/c1-12-6-13(2)8-15(7-12)14-4-3-5-16(9-14)18-10-17(20)11-19/h3-9,17-20H,10-11H2,1-2H3. The van der Waals surface area contributed by atoms with Gasteiger partial charge in [0.25, 0.3) is 0 Å². The summed E-state index contributed by atoms with van der Waals surface area (Å²) in [6, 6.07) is 14.5. The third-order valence-electron chi connectivity index (χ3n) is 3.17. The van der Waals surface area contributed by atoms with Crippen LogP contribution in [0.15, 0.2) is 42.5 Å². The van der Waals surface area contributed by atoms with Crippen molar-refractivity contribution in [2.75, 3.05) is 18.5 Å². The van der Waals surface area contributed by atoms with Crippen LogP contribution in [0.1, 0.15) is 11.1 Å². The van der Waals surface area contributed by atoms with Crippen LogP contribution in [0, 0.1) is 13.8 Å². The van der Waals surface area contributed by atoms with Crippen LogP contribution >= 0.6 is 0 Å². The first-order chi connectivity index (χ1) is 9.58. The zero-order chi connectivity index (χ0) is 14.5. The average molecular weight is 271 g/mol. The van der Waals surface area contributed by atoms with Crippen LogP contribution in [0.4, 0.5) is 5.69 Å². The molecular weight excluding hydrogens is 250 g/mol. The average Bonchev–Trinajstić information content (AvgIpc) is 2.44. The van der Waals surface area contributed by atoms with Gasteiger partial charge in [-0.25, -0.2) is 0 Å². The Labute approximate surface area is 119 Å². The van der Waals surface area contributed by atoms with E-state index in [1.165, 1.54) is 16.7 Å². The van der Waals surface area contributed by atoms with E-state index in [9.17, 15) is 5.11 Å². The molecule has 1 unspecified atom stereocenters. The first-order valence-corrected chi connectivity index (χ1v) is 6.80. The van der Waals surface area contributed by atoms with E-state index in [-0.39, 0.29) is 6.61 Å². The second-order valence-electron chi connectivity index (χ2n) is 5.17. The Morgan fingerprint density at radius 3 is 2.35 bits per heavy atom. The largest absolute Gasteiger partial charge is 0.394 e. The number of benzene rings is 2. The van der Waals surface area contributed by atoms with Gasteiger partial charge in [-0.1, -0.05) is 41.5 Å². The fourth-order valence-corrected chi connectivity index (χ4v) is 2.25. The molecule has 0 aliphatic rings. The van der Waals surface area contributed by atoms with Gasteiger partial charge in [0.05, 0.1) is 12.7 Å². The lowest BCUT2D eigenvalue weighted by Crippen LogP contribution is -2.22. The highest BCUT2D eigenvalue weighted by molar-refractivity contribution is 5.69. The topological polar surface area (TPSA) is 52.5 Å². The summed E-state index contributed by atoms with van der Waals surface area (Å²) in [5.74, 6) is 0. The number of aliphatic hydroxyl groups excluding tert-OH is 2. The molecule has 0 fully saturated rings. The van der Waals surface area contributed by atoms with E-state index in [0.29, 0.717) is 6.54 Å². The molecule has 3 nitrogen and oxygen atoms in total. The summed E-state index contributed by atoms with van der Waals surface area (Å²) in [4.78, 5) is 0. The Bertz CT molecular complexity index is 561. The number of aliphatic hydroxyl groups is 2. The molecule has 0 radical (unpaired) electrons. The summed E-state index contributed by atoms with van der Waals surface area (Å²) >= 11 is 0. The number of hydrogen-bond donors (Lipinski definition) is 3. The molecular formula is C17H21NO2. The molecule has 20 heavy (non-hydrogen) atoms. The summed E-state index contributed by atoms with van der Waals surface area (Å²) in [6.07, 6.45) is -0.736. The summed E-state index contributed by atoms with van der Waals surface area (Å²) < 4.78 is 0. The van der Waals surface area contributed by atoms with Crippen molar-refractivity contribution in [1.82, 2.24) is 0 Å². The molecule has 0 saturated carbocycles. The summed E-state index contributed by atoms with van der Waals surface area (Å²) in [5, 5.41) is 21.3.